The summed E-state index contributed by atoms with van der Waals surface area (Å²) < 4.78 is 19.1. The zero-order valence-corrected chi connectivity index (χ0v) is 12.2. The van der Waals surface area contributed by atoms with Crippen molar-refractivity contribution >= 4 is 5.69 Å². The molecular weight excluding hydrogens is 269 g/mol. The lowest BCUT2D eigenvalue weighted by Crippen LogP contribution is -2.13. The van der Waals surface area contributed by atoms with E-state index in [0.29, 0.717) is 17.4 Å². The first kappa shape index (κ1) is 14.0. The molecule has 3 rings (SSSR count). The molecule has 0 radical (unpaired) electrons. The number of hydrogen-bond acceptors (Lipinski definition) is 4. The average molecular weight is 289 g/mol. The van der Waals surface area contributed by atoms with Crippen molar-refractivity contribution in [2.75, 3.05) is 5.73 Å². The molecule has 2 N–H and O–H groups in total. The fourth-order valence-electron chi connectivity index (χ4n) is 3.05. The van der Waals surface area contributed by atoms with Crippen molar-refractivity contribution in [1.82, 2.24) is 10.1 Å². The molecule has 0 amide bonds. The summed E-state index contributed by atoms with van der Waals surface area (Å²) in [5, 5.41) is 4.04. The number of nitrogen functional groups attached to an aromatic ring is 1. The second kappa shape index (κ2) is 5.84. The molecule has 4 nitrogen and oxygen atoms in total. The van der Waals surface area contributed by atoms with E-state index in [9.17, 15) is 4.39 Å². The standard InChI is InChI=1S/C16H20FN3O/c1-2-10-3-5-11(6-4-10)15-19-16(21-20-15)13-9-12(18)7-8-14(13)17/h7-11H,2-6,18H2,1H3. The van der Waals surface area contributed by atoms with Crippen LogP contribution in [0.5, 0.6) is 0 Å². The van der Waals surface area contributed by atoms with Crippen LogP contribution in [-0.2, 0) is 0 Å². The molecule has 112 valence electrons. The molecule has 2 aromatic rings. The third-order valence-electron chi connectivity index (χ3n) is 4.45. The maximum absolute atomic E-state index is 13.8. The molecule has 1 aromatic heterocycles. The van der Waals surface area contributed by atoms with Crippen LogP contribution in [0, 0.1) is 11.7 Å². The predicted octanol–water partition coefficient (Wildman–Crippen LogP) is 4.14. The van der Waals surface area contributed by atoms with Crippen LogP contribution in [0.25, 0.3) is 11.5 Å². The molecule has 0 bridgehead atoms. The molecule has 1 aliphatic rings. The van der Waals surface area contributed by atoms with Gasteiger partial charge in [-0.05, 0) is 49.8 Å². The summed E-state index contributed by atoms with van der Waals surface area (Å²) in [6.45, 7) is 2.24. The second-order valence-corrected chi connectivity index (χ2v) is 5.82. The SMILES string of the molecule is CCC1CCC(c2noc(-c3cc(N)ccc3F)n2)CC1. The van der Waals surface area contributed by atoms with Crippen LogP contribution in [0.15, 0.2) is 22.7 Å². The quantitative estimate of drug-likeness (QED) is 0.862. The Hall–Kier alpha value is -1.91. The number of benzene rings is 1. The van der Waals surface area contributed by atoms with Crippen molar-refractivity contribution in [2.24, 2.45) is 5.92 Å². The number of nitrogens with two attached hydrogens (primary N) is 1. The van der Waals surface area contributed by atoms with E-state index in [4.69, 9.17) is 10.3 Å². The summed E-state index contributed by atoms with van der Waals surface area (Å²) in [5.74, 6) is 1.66. The maximum Gasteiger partial charge on any atom is 0.260 e. The van der Waals surface area contributed by atoms with Crippen molar-refractivity contribution in [2.45, 2.75) is 44.9 Å². The average Bonchev–Trinajstić information content (AvgIpc) is 2.99. The van der Waals surface area contributed by atoms with Gasteiger partial charge in [-0.1, -0.05) is 18.5 Å². The van der Waals surface area contributed by atoms with E-state index in [0.717, 1.165) is 18.8 Å². The van der Waals surface area contributed by atoms with Gasteiger partial charge in [0.25, 0.3) is 5.89 Å². The zero-order valence-electron chi connectivity index (χ0n) is 12.2. The van der Waals surface area contributed by atoms with Gasteiger partial charge in [-0.15, -0.1) is 0 Å². The van der Waals surface area contributed by atoms with Crippen LogP contribution in [0.2, 0.25) is 0 Å². The number of aromatic nitrogens is 2. The Bertz CT molecular complexity index is 618. The third-order valence-corrected chi connectivity index (χ3v) is 4.45. The van der Waals surface area contributed by atoms with Gasteiger partial charge in [0, 0.05) is 11.6 Å². The van der Waals surface area contributed by atoms with E-state index in [1.54, 1.807) is 0 Å². The van der Waals surface area contributed by atoms with Gasteiger partial charge in [-0.25, -0.2) is 4.39 Å². The molecule has 1 saturated carbocycles. The van der Waals surface area contributed by atoms with E-state index in [1.165, 1.54) is 37.5 Å². The highest BCUT2D eigenvalue weighted by Gasteiger charge is 2.25. The van der Waals surface area contributed by atoms with Crippen LogP contribution in [0.3, 0.4) is 0 Å². The van der Waals surface area contributed by atoms with Crippen LogP contribution in [0.1, 0.15) is 50.8 Å². The molecule has 1 aliphatic carbocycles. The molecule has 1 heterocycles. The number of rotatable bonds is 3. The first-order valence-corrected chi connectivity index (χ1v) is 7.56. The normalized spacial score (nSPS) is 22.4. The van der Waals surface area contributed by atoms with Gasteiger partial charge in [0.2, 0.25) is 0 Å². The van der Waals surface area contributed by atoms with Gasteiger partial charge >= 0.3 is 0 Å². The largest absolute Gasteiger partial charge is 0.399 e. The van der Waals surface area contributed by atoms with E-state index < -0.39 is 5.82 Å². The Morgan fingerprint density at radius 1 is 1.29 bits per heavy atom. The summed E-state index contributed by atoms with van der Waals surface area (Å²) in [6, 6.07) is 4.36. The Labute approximate surface area is 123 Å². The van der Waals surface area contributed by atoms with Crippen molar-refractivity contribution in [3.05, 3.63) is 29.8 Å². The van der Waals surface area contributed by atoms with Gasteiger partial charge in [-0.2, -0.15) is 4.98 Å². The Kier molecular flexibility index (Phi) is 3.90. The lowest BCUT2D eigenvalue weighted by Gasteiger charge is -2.25. The molecule has 5 heteroatoms. The molecule has 0 unspecified atom stereocenters. The summed E-state index contributed by atoms with van der Waals surface area (Å²) in [6.07, 6.45) is 5.81. The molecule has 1 fully saturated rings. The Morgan fingerprint density at radius 3 is 2.76 bits per heavy atom. The molecule has 0 atom stereocenters. The molecule has 1 aromatic carbocycles. The minimum Gasteiger partial charge on any atom is -0.399 e. The lowest BCUT2D eigenvalue weighted by molar-refractivity contribution is 0.305. The van der Waals surface area contributed by atoms with Gasteiger partial charge < -0.3 is 10.3 Å². The summed E-state index contributed by atoms with van der Waals surface area (Å²) in [5.41, 5.74) is 6.44. The predicted molar refractivity (Wildman–Crippen MR) is 79.1 cm³/mol. The highest BCUT2D eigenvalue weighted by atomic mass is 19.1. The third kappa shape index (κ3) is 2.91. The second-order valence-electron chi connectivity index (χ2n) is 5.82. The molecule has 21 heavy (non-hydrogen) atoms. The van der Waals surface area contributed by atoms with Crippen LogP contribution in [0.4, 0.5) is 10.1 Å². The van der Waals surface area contributed by atoms with Gasteiger partial charge in [0.1, 0.15) is 5.82 Å². The highest BCUT2D eigenvalue weighted by molar-refractivity contribution is 5.60. The van der Waals surface area contributed by atoms with Crippen molar-refractivity contribution in [3.63, 3.8) is 0 Å². The van der Waals surface area contributed by atoms with Gasteiger partial charge in [0.05, 0.1) is 5.56 Å². The van der Waals surface area contributed by atoms with Crippen molar-refractivity contribution in [3.8, 4) is 11.5 Å². The maximum atomic E-state index is 13.8. The van der Waals surface area contributed by atoms with Crippen LogP contribution in [-0.4, -0.2) is 10.1 Å². The molecule has 0 saturated heterocycles. The van der Waals surface area contributed by atoms with Crippen molar-refractivity contribution in [1.29, 1.82) is 0 Å². The van der Waals surface area contributed by atoms with E-state index in [-0.39, 0.29) is 11.5 Å². The van der Waals surface area contributed by atoms with Crippen LogP contribution < -0.4 is 5.73 Å². The summed E-state index contributed by atoms with van der Waals surface area (Å²) in [4.78, 5) is 4.38. The number of nitrogens with zero attached hydrogens (tertiary/aromatic N) is 2. The summed E-state index contributed by atoms with van der Waals surface area (Å²) >= 11 is 0. The van der Waals surface area contributed by atoms with E-state index >= 15 is 0 Å². The van der Waals surface area contributed by atoms with Crippen molar-refractivity contribution < 1.29 is 8.91 Å². The first-order chi connectivity index (χ1) is 10.2. The van der Waals surface area contributed by atoms with E-state index in [2.05, 4.69) is 17.1 Å². The number of anilines is 1. The minimum atomic E-state index is -0.394. The van der Waals surface area contributed by atoms with Gasteiger partial charge in [-0.3, -0.25) is 0 Å². The monoisotopic (exact) mass is 289 g/mol. The smallest absolute Gasteiger partial charge is 0.260 e. The zero-order chi connectivity index (χ0) is 14.8. The fraction of sp³-hybridized carbons (Fsp3) is 0.500. The lowest BCUT2D eigenvalue weighted by atomic mass is 9.80. The van der Waals surface area contributed by atoms with Gasteiger partial charge in [0.15, 0.2) is 5.82 Å². The highest BCUT2D eigenvalue weighted by Crippen LogP contribution is 2.36. The summed E-state index contributed by atoms with van der Waals surface area (Å²) in [7, 11) is 0. The fourth-order valence-corrected chi connectivity index (χ4v) is 3.05. The topological polar surface area (TPSA) is 64.9 Å². The molecule has 0 aliphatic heterocycles. The molecular formula is C16H20FN3O. The first-order valence-electron chi connectivity index (χ1n) is 7.56. The van der Waals surface area contributed by atoms with E-state index in [1.807, 2.05) is 0 Å². The Balaban J connectivity index is 1.79. The number of halogens is 1. The number of hydrogen-bond donors (Lipinski definition) is 1. The molecule has 0 spiro atoms. The van der Waals surface area contributed by atoms with Crippen LogP contribution >= 0.6 is 0 Å². The minimum absolute atomic E-state index is 0.215. The Morgan fingerprint density at radius 2 is 2.05 bits per heavy atom.